The van der Waals surface area contributed by atoms with Crippen LogP contribution in [0.1, 0.15) is 5.69 Å². The van der Waals surface area contributed by atoms with Crippen molar-refractivity contribution in [3.8, 4) is 5.69 Å². The minimum Gasteiger partial charge on any atom is -0.378 e. The van der Waals surface area contributed by atoms with E-state index < -0.39 is 11.1 Å². The molecule has 1 aromatic carbocycles. The highest BCUT2D eigenvalue weighted by Crippen LogP contribution is 2.32. The number of carbonyl (C=O) groups excluding carboxylic acids is 3. The fourth-order valence-electron chi connectivity index (χ4n) is 3.17. The second-order valence-corrected chi connectivity index (χ2v) is 8.45. The standard InChI is InChI=1S/C20H18BrN3O4S/c21-14-3-5-15(6-4-14)23-7-1-2-16(23)12-17-19(26)24(20(27)29-17)13-18(25)22-8-10-28-11-9-22/h1-7,12H,8-11,13H2/b17-12+. The van der Waals surface area contributed by atoms with Crippen molar-refractivity contribution < 1.29 is 19.1 Å². The van der Waals surface area contributed by atoms with Crippen LogP contribution >= 0.6 is 27.7 Å². The van der Waals surface area contributed by atoms with Gasteiger partial charge in [-0.25, -0.2) is 0 Å². The lowest BCUT2D eigenvalue weighted by molar-refractivity contribution is -0.139. The molecule has 2 aliphatic rings. The van der Waals surface area contributed by atoms with Gasteiger partial charge in [-0.1, -0.05) is 15.9 Å². The molecular weight excluding hydrogens is 458 g/mol. The van der Waals surface area contributed by atoms with Gasteiger partial charge in [0, 0.05) is 35.1 Å². The first-order chi connectivity index (χ1) is 14.0. The maximum atomic E-state index is 12.8. The van der Waals surface area contributed by atoms with E-state index >= 15 is 0 Å². The number of ether oxygens (including phenoxy) is 1. The fourth-order valence-corrected chi connectivity index (χ4v) is 4.25. The maximum Gasteiger partial charge on any atom is 0.294 e. The van der Waals surface area contributed by atoms with E-state index in [0.717, 1.165) is 32.5 Å². The number of imide groups is 1. The molecule has 0 atom stereocenters. The molecule has 3 amide bonds. The van der Waals surface area contributed by atoms with E-state index in [4.69, 9.17) is 4.74 Å². The van der Waals surface area contributed by atoms with Gasteiger partial charge in [0.15, 0.2) is 0 Å². The van der Waals surface area contributed by atoms with Gasteiger partial charge in [-0.15, -0.1) is 0 Å². The van der Waals surface area contributed by atoms with Crippen molar-refractivity contribution >= 4 is 50.8 Å². The molecule has 9 heteroatoms. The number of hydrogen-bond acceptors (Lipinski definition) is 5. The molecule has 29 heavy (non-hydrogen) atoms. The largest absolute Gasteiger partial charge is 0.378 e. The lowest BCUT2D eigenvalue weighted by Crippen LogP contribution is -2.46. The highest BCUT2D eigenvalue weighted by Gasteiger charge is 2.37. The molecule has 2 fully saturated rings. The van der Waals surface area contributed by atoms with Crippen molar-refractivity contribution in [1.29, 1.82) is 0 Å². The average Bonchev–Trinajstić information content (AvgIpc) is 3.29. The van der Waals surface area contributed by atoms with E-state index in [1.165, 1.54) is 0 Å². The van der Waals surface area contributed by atoms with Gasteiger partial charge < -0.3 is 14.2 Å². The molecule has 1 aromatic heterocycles. The Morgan fingerprint density at radius 3 is 2.59 bits per heavy atom. The van der Waals surface area contributed by atoms with E-state index in [9.17, 15) is 14.4 Å². The summed E-state index contributed by atoms with van der Waals surface area (Å²) < 4.78 is 8.14. The molecule has 0 radical (unpaired) electrons. The van der Waals surface area contributed by atoms with Crippen LogP contribution in [0.4, 0.5) is 4.79 Å². The summed E-state index contributed by atoms with van der Waals surface area (Å²) in [6.45, 7) is 1.66. The van der Waals surface area contributed by atoms with Gasteiger partial charge in [0.2, 0.25) is 5.91 Å². The normalized spacial score (nSPS) is 18.7. The molecule has 150 valence electrons. The third-order valence-corrected chi connectivity index (χ3v) is 6.13. The Balaban J connectivity index is 1.52. The zero-order valence-electron chi connectivity index (χ0n) is 15.4. The lowest BCUT2D eigenvalue weighted by atomic mass is 10.3. The molecule has 2 aliphatic heterocycles. The number of benzene rings is 1. The van der Waals surface area contributed by atoms with E-state index in [2.05, 4.69) is 15.9 Å². The predicted molar refractivity (Wildman–Crippen MR) is 114 cm³/mol. The van der Waals surface area contributed by atoms with Crippen molar-refractivity contribution in [3.63, 3.8) is 0 Å². The van der Waals surface area contributed by atoms with Gasteiger partial charge in [-0.3, -0.25) is 19.3 Å². The number of thioether (sulfide) groups is 1. The predicted octanol–water partition coefficient (Wildman–Crippen LogP) is 3.13. The zero-order valence-corrected chi connectivity index (χ0v) is 17.8. The Bertz CT molecular complexity index is 980. The van der Waals surface area contributed by atoms with Gasteiger partial charge in [0.05, 0.1) is 18.1 Å². The highest BCUT2D eigenvalue weighted by atomic mass is 79.9. The molecule has 2 aromatic rings. The first kappa shape index (κ1) is 19.9. The Morgan fingerprint density at radius 1 is 1.14 bits per heavy atom. The molecule has 0 bridgehead atoms. The Kier molecular flexibility index (Phi) is 5.89. The molecule has 3 heterocycles. The second-order valence-electron chi connectivity index (χ2n) is 6.54. The second kappa shape index (κ2) is 8.56. The maximum absolute atomic E-state index is 12.8. The zero-order chi connectivity index (χ0) is 20.4. The fraction of sp³-hybridized carbons (Fsp3) is 0.250. The van der Waals surface area contributed by atoms with Crippen LogP contribution in [-0.4, -0.2) is 64.3 Å². The minimum absolute atomic E-state index is 0.240. The van der Waals surface area contributed by atoms with Gasteiger partial charge in [0.1, 0.15) is 6.54 Å². The third-order valence-electron chi connectivity index (χ3n) is 4.69. The van der Waals surface area contributed by atoms with Crippen LogP contribution in [0.3, 0.4) is 0 Å². The number of nitrogens with zero attached hydrogens (tertiary/aromatic N) is 3. The number of amides is 3. The summed E-state index contributed by atoms with van der Waals surface area (Å²) in [7, 11) is 0. The van der Waals surface area contributed by atoms with Gasteiger partial charge in [-0.2, -0.15) is 0 Å². The number of rotatable bonds is 4. The number of halogens is 1. The number of carbonyl (C=O) groups is 3. The van der Waals surface area contributed by atoms with Crippen molar-refractivity contribution in [2.75, 3.05) is 32.8 Å². The van der Waals surface area contributed by atoms with Crippen LogP contribution in [0.2, 0.25) is 0 Å². The summed E-state index contributed by atoms with van der Waals surface area (Å²) in [5, 5.41) is -0.426. The number of morpholine rings is 1. The Labute approximate surface area is 180 Å². The van der Waals surface area contributed by atoms with Gasteiger partial charge in [0.25, 0.3) is 11.1 Å². The molecule has 0 aliphatic carbocycles. The van der Waals surface area contributed by atoms with Crippen molar-refractivity contribution in [2.24, 2.45) is 0 Å². The Hall–Kier alpha value is -2.36. The first-order valence-corrected chi connectivity index (χ1v) is 10.7. The molecule has 7 nitrogen and oxygen atoms in total. The minimum atomic E-state index is -0.440. The summed E-state index contributed by atoms with van der Waals surface area (Å²) in [6, 6.07) is 11.5. The third kappa shape index (κ3) is 4.31. The van der Waals surface area contributed by atoms with E-state index in [1.807, 2.05) is 47.2 Å². The van der Waals surface area contributed by atoms with Crippen molar-refractivity contribution in [1.82, 2.24) is 14.4 Å². The average molecular weight is 476 g/mol. The molecule has 0 saturated carbocycles. The molecule has 4 rings (SSSR count). The molecule has 0 unspecified atom stereocenters. The highest BCUT2D eigenvalue weighted by molar-refractivity contribution is 9.10. The topological polar surface area (TPSA) is 71.9 Å². The monoisotopic (exact) mass is 475 g/mol. The van der Waals surface area contributed by atoms with Crippen molar-refractivity contribution in [2.45, 2.75) is 0 Å². The summed E-state index contributed by atoms with van der Waals surface area (Å²) >= 11 is 4.27. The lowest BCUT2D eigenvalue weighted by Gasteiger charge is -2.28. The van der Waals surface area contributed by atoms with E-state index in [-0.39, 0.29) is 12.5 Å². The Morgan fingerprint density at radius 2 is 1.86 bits per heavy atom. The number of hydrogen-bond donors (Lipinski definition) is 0. The SMILES string of the molecule is O=C(CN1C(=O)S/C(=C/c2cccn2-c2ccc(Br)cc2)C1=O)N1CCOCC1. The van der Waals surface area contributed by atoms with Gasteiger partial charge in [-0.05, 0) is 54.2 Å². The van der Waals surface area contributed by atoms with Gasteiger partial charge >= 0.3 is 0 Å². The molecule has 2 saturated heterocycles. The van der Waals surface area contributed by atoms with Crippen LogP contribution < -0.4 is 0 Å². The van der Waals surface area contributed by atoms with Crippen molar-refractivity contribution in [3.05, 3.63) is 57.7 Å². The summed E-state index contributed by atoms with van der Waals surface area (Å²) in [6.07, 6.45) is 3.58. The smallest absolute Gasteiger partial charge is 0.294 e. The molecule has 0 spiro atoms. The van der Waals surface area contributed by atoms with Crippen LogP contribution in [0.25, 0.3) is 11.8 Å². The number of aromatic nitrogens is 1. The van der Waals surface area contributed by atoms with Crippen LogP contribution in [0.5, 0.6) is 0 Å². The van der Waals surface area contributed by atoms with Crippen LogP contribution in [0, 0.1) is 0 Å². The summed E-state index contributed by atoms with van der Waals surface area (Å²) in [5.74, 6) is -0.680. The molecule has 0 N–H and O–H groups in total. The van der Waals surface area contributed by atoms with E-state index in [0.29, 0.717) is 31.2 Å². The quantitative estimate of drug-likeness (QED) is 0.635. The summed E-state index contributed by atoms with van der Waals surface area (Å²) in [4.78, 5) is 40.5. The van der Waals surface area contributed by atoms with Crippen LogP contribution in [0.15, 0.2) is 52.0 Å². The van der Waals surface area contributed by atoms with E-state index in [1.54, 1.807) is 11.0 Å². The summed E-state index contributed by atoms with van der Waals surface area (Å²) in [5.41, 5.74) is 1.71. The van der Waals surface area contributed by atoms with Crippen LogP contribution in [-0.2, 0) is 14.3 Å². The molecular formula is C20H18BrN3O4S. The first-order valence-electron chi connectivity index (χ1n) is 9.07.